The molecule has 0 aliphatic carbocycles. The van der Waals surface area contributed by atoms with Gasteiger partial charge in [0, 0.05) is 34.6 Å². The normalized spacial score (nSPS) is 13.7. The minimum Gasteiger partial charge on any atom is -0.326 e. The number of rotatable bonds is 4. The quantitative estimate of drug-likeness (QED) is 0.418. The van der Waals surface area contributed by atoms with Crippen molar-refractivity contribution >= 4 is 66.5 Å². The molecule has 136 valence electrons. The molecule has 0 atom stereocenters. The van der Waals surface area contributed by atoms with Gasteiger partial charge >= 0.3 is 0 Å². The van der Waals surface area contributed by atoms with E-state index in [2.05, 4.69) is 30.6 Å². The van der Waals surface area contributed by atoms with Crippen LogP contribution in [0.3, 0.4) is 0 Å². The first-order valence-electron chi connectivity index (χ1n) is 8.03. The number of nitrogens with zero attached hydrogens (tertiary/aromatic N) is 1. The van der Waals surface area contributed by atoms with Crippen LogP contribution < -0.4 is 10.2 Å². The molecule has 1 N–H and O–H groups in total. The molecule has 0 radical (unpaired) electrons. The average Bonchev–Trinajstić information content (AvgIpc) is 2.93. The fourth-order valence-corrected chi connectivity index (χ4v) is 3.18. The Balaban J connectivity index is 1.81. The van der Waals surface area contributed by atoms with Gasteiger partial charge < -0.3 is 5.32 Å². The molecule has 1 aliphatic rings. The number of hydrogen-bond donors (Lipinski definition) is 3. The minimum atomic E-state index is -0.366. The highest BCUT2D eigenvalue weighted by atomic mass is 32.1. The number of thiol groups is 2. The highest BCUT2D eigenvalue weighted by Crippen LogP contribution is 2.27. The molecule has 0 saturated carbocycles. The van der Waals surface area contributed by atoms with Crippen LogP contribution in [0.25, 0.3) is 12.2 Å². The standard InChI is InChI=1S/C20H16N2O3S2/c1-12(23)21-15-6-4-13(17(26)10-15)2-3-14-5-7-16(11-18(14)27)22-19(24)8-9-20(22)25/h2-11,26-27H,1H3,(H,21,23)/b3-2+. The third-order valence-electron chi connectivity index (χ3n) is 3.87. The maximum atomic E-state index is 11.8. The molecule has 0 fully saturated rings. The van der Waals surface area contributed by atoms with E-state index in [4.69, 9.17) is 0 Å². The number of carbonyl (C=O) groups excluding carboxylic acids is 3. The van der Waals surface area contributed by atoms with Crippen LogP contribution >= 0.6 is 25.3 Å². The van der Waals surface area contributed by atoms with E-state index >= 15 is 0 Å². The van der Waals surface area contributed by atoms with Gasteiger partial charge in [-0.25, -0.2) is 4.90 Å². The summed E-state index contributed by atoms with van der Waals surface area (Å²) in [6, 6.07) is 10.6. The zero-order valence-electron chi connectivity index (χ0n) is 14.3. The Morgan fingerprint density at radius 3 is 2.00 bits per heavy atom. The molecule has 0 unspecified atom stereocenters. The molecule has 7 heteroatoms. The molecule has 0 bridgehead atoms. The van der Waals surface area contributed by atoms with Crippen LogP contribution in [0.15, 0.2) is 58.3 Å². The monoisotopic (exact) mass is 396 g/mol. The molecule has 1 aliphatic heterocycles. The lowest BCUT2D eigenvalue weighted by molar-refractivity contribution is -0.120. The average molecular weight is 396 g/mol. The second-order valence-electron chi connectivity index (χ2n) is 5.88. The van der Waals surface area contributed by atoms with E-state index in [1.807, 2.05) is 18.2 Å². The van der Waals surface area contributed by atoms with Gasteiger partial charge in [0.25, 0.3) is 11.8 Å². The maximum Gasteiger partial charge on any atom is 0.258 e. The Morgan fingerprint density at radius 1 is 0.926 bits per heavy atom. The van der Waals surface area contributed by atoms with Crippen molar-refractivity contribution in [2.75, 3.05) is 10.2 Å². The lowest BCUT2D eigenvalue weighted by Crippen LogP contribution is -2.29. The van der Waals surface area contributed by atoms with Gasteiger partial charge in [-0.3, -0.25) is 14.4 Å². The van der Waals surface area contributed by atoms with Gasteiger partial charge in [-0.05, 0) is 35.4 Å². The number of carbonyl (C=O) groups is 3. The fourth-order valence-electron chi connectivity index (χ4n) is 2.61. The number of benzene rings is 2. The smallest absolute Gasteiger partial charge is 0.258 e. The van der Waals surface area contributed by atoms with E-state index in [0.717, 1.165) is 16.0 Å². The Bertz CT molecular complexity index is 994. The zero-order chi connectivity index (χ0) is 19.6. The van der Waals surface area contributed by atoms with Gasteiger partial charge in [-0.15, -0.1) is 25.3 Å². The molecule has 0 aromatic heterocycles. The van der Waals surface area contributed by atoms with Gasteiger partial charge in [-0.1, -0.05) is 24.3 Å². The van der Waals surface area contributed by atoms with Crippen molar-refractivity contribution in [2.45, 2.75) is 16.7 Å². The van der Waals surface area contributed by atoms with E-state index in [0.29, 0.717) is 21.2 Å². The van der Waals surface area contributed by atoms with Crippen LogP contribution in [0.1, 0.15) is 18.1 Å². The largest absolute Gasteiger partial charge is 0.326 e. The first-order chi connectivity index (χ1) is 12.8. The molecule has 0 spiro atoms. The molecule has 27 heavy (non-hydrogen) atoms. The van der Waals surface area contributed by atoms with Gasteiger partial charge in [-0.2, -0.15) is 0 Å². The lowest BCUT2D eigenvalue weighted by Gasteiger charge is -2.15. The summed E-state index contributed by atoms with van der Waals surface area (Å²) in [5.41, 5.74) is 2.86. The molecular weight excluding hydrogens is 380 g/mol. The number of anilines is 2. The maximum absolute atomic E-state index is 11.8. The predicted octanol–water partition coefficient (Wildman–Crippen LogP) is 3.82. The summed E-state index contributed by atoms with van der Waals surface area (Å²) >= 11 is 8.91. The summed E-state index contributed by atoms with van der Waals surface area (Å²) in [7, 11) is 0. The van der Waals surface area contributed by atoms with Crippen molar-refractivity contribution in [1.29, 1.82) is 0 Å². The fraction of sp³-hybridized carbons (Fsp3) is 0.0500. The van der Waals surface area contributed by atoms with Crippen LogP contribution in [0.2, 0.25) is 0 Å². The summed E-state index contributed by atoms with van der Waals surface area (Å²) in [5, 5.41) is 2.71. The van der Waals surface area contributed by atoms with Crippen molar-refractivity contribution < 1.29 is 14.4 Å². The van der Waals surface area contributed by atoms with E-state index in [1.165, 1.54) is 19.1 Å². The number of imide groups is 1. The molecule has 2 aromatic carbocycles. The molecule has 1 heterocycles. The van der Waals surface area contributed by atoms with Crippen LogP contribution in [0.4, 0.5) is 11.4 Å². The Kier molecular flexibility index (Phi) is 5.53. The first kappa shape index (κ1) is 19.0. The van der Waals surface area contributed by atoms with Crippen LogP contribution in [-0.2, 0) is 14.4 Å². The molecular formula is C20H16N2O3S2. The van der Waals surface area contributed by atoms with E-state index < -0.39 is 0 Å². The van der Waals surface area contributed by atoms with Crippen LogP contribution in [0, 0.1) is 0 Å². The second-order valence-corrected chi connectivity index (χ2v) is 6.84. The topological polar surface area (TPSA) is 66.5 Å². The second kappa shape index (κ2) is 7.85. The van der Waals surface area contributed by atoms with Gasteiger partial charge in [0.05, 0.1) is 5.69 Å². The van der Waals surface area contributed by atoms with Gasteiger partial charge in [0.15, 0.2) is 0 Å². The van der Waals surface area contributed by atoms with Crippen molar-refractivity contribution in [3.05, 3.63) is 59.7 Å². The predicted molar refractivity (Wildman–Crippen MR) is 112 cm³/mol. The number of nitrogens with one attached hydrogen (secondary N) is 1. The molecule has 3 rings (SSSR count). The van der Waals surface area contributed by atoms with E-state index in [9.17, 15) is 14.4 Å². The summed E-state index contributed by atoms with van der Waals surface area (Å²) in [4.78, 5) is 37.1. The molecule has 0 saturated heterocycles. The molecule has 5 nitrogen and oxygen atoms in total. The first-order valence-corrected chi connectivity index (χ1v) is 8.92. The SMILES string of the molecule is CC(=O)Nc1ccc(/C=C/c2ccc(N3C(=O)C=CC3=O)cc2S)c(S)c1. The minimum absolute atomic E-state index is 0.143. The lowest BCUT2D eigenvalue weighted by atomic mass is 10.1. The third kappa shape index (κ3) is 4.32. The Hall–Kier alpha value is -2.77. The summed E-state index contributed by atoms with van der Waals surface area (Å²) < 4.78 is 0. The van der Waals surface area contributed by atoms with Crippen molar-refractivity contribution in [3.63, 3.8) is 0 Å². The summed E-state index contributed by atoms with van der Waals surface area (Å²) in [6.45, 7) is 1.45. The highest BCUT2D eigenvalue weighted by molar-refractivity contribution is 7.80. The molecule has 3 amide bonds. The number of hydrogen-bond acceptors (Lipinski definition) is 5. The van der Waals surface area contributed by atoms with Crippen LogP contribution in [-0.4, -0.2) is 17.7 Å². The Morgan fingerprint density at radius 2 is 1.48 bits per heavy atom. The third-order valence-corrected chi connectivity index (χ3v) is 4.65. The zero-order valence-corrected chi connectivity index (χ0v) is 16.1. The summed E-state index contributed by atoms with van der Waals surface area (Å²) in [6.07, 6.45) is 6.23. The van der Waals surface area contributed by atoms with Gasteiger partial charge in [0.2, 0.25) is 5.91 Å². The van der Waals surface area contributed by atoms with Crippen molar-refractivity contribution in [2.24, 2.45) is 0 Å². The summed E-state index contributed by atoms with van der Waals surface area (Å²) in [5.74, 6) is -0.874. The van der Waals surface area contributed by atoms with E-state index in [-0.39, 0.29) is 17.7 Å². The Labute approximate surface area is 167 Å². The number of amides is 3. The van der Waals surface area contributed by atoms with Gasteiger partial charge in [0.1, 0.15) is 0 Å². The highest BCUT2D eigenvalue weighted by Gasteiger charge is 2.25. The molecule has 2 aromatic rings. The van der Waals surface area contributed by atoms with Crippen LogP contribution in [0.5, 0.6) is 0 Å². The van der Waals surface area contributed by atoms with Crippen molar-refractivity contribution in [1.82, 2.24) is 0 Å². The van der Waals surface area contributed by atoms with E-state index in [1.54, 1.807) is 30.3 Å². The van der Waals surface area contributed by atoms with Crippen molar-refractivity contribution in [3.8, 4) is 0 Å².